The lowest BCUT2D eigenvalue weighted by molar-refractivity contribution is 0.145. The fourth-order valence-corrected chi connectivity index (χ4v) is 2.10. The van der Waals surface area contributed by atoms with E-state index in [0.717, 1.165) is 43.2 Å². The second kappa shape index (κ2) is 12.5. The monoisotopic (exact) mass is 455 g/mol. The fourth-order valence-electron chi connectivity index (χ4n) is 2.10. The molecule has 0 fully saturated rings. The van der Waals surface area contributed by atoms with E-state index in [1.165, 1.54) is 0 Å². The molecule has 2 aromatic carbocycles. The molecule has 2 rings (SSSR count). The van der Waals surface area contributed by atoms with Crippen LogP contribution in [0.3, 0.4) is 0 Å². The molecule has 0 atom stereocenters. The average Bonchev–Trinajstić information content (AvgIpc) is 2.61. The van der Waals surface area contributed by atoms with Crippen LogP contribution in [0, 0.1) is 0 Å². The van der Waals surface area contributed by atoms with E-state index in [0.29, 0.717) is 12.5 Å². The summed E-state index contributed by atoms with van der Waals surface area (Å²) < 4.78 is 11.1. The Kier molecular flexibility index (Phi) is 10.7. The number of hydrogen-bond acceptors (Lipinski definition) is 3. The molecule has 5 nitrogen and oxygen atoms in total. The van der Waals surface area contributed by atoms with Gasteiger partial charge in [-0.1, -0.05) is 30.3 Å². The van der Waals surface area contributed by atoms with Crippen LogP contribution in [0.25, 0.3) is 0 Å². The number of hydrogen-bond donors (Lipinski definition) is 2. The van der Waals surface area contributed by atoms with Crippen molar-refractivity contribution in [1.29, 1.82) is 0 Å². The van der Waals surface area contributed by atoms with E-state index in [9.17, 15) is 0 Å². The summed E-state index contributed by atoms with van der Waals surface area (Å²) in [5.74, 6) is 2.05. The van der Waals surface area contributed by atoms with Gasteiger partial charge in [-0.2, -0.15) is 0 Å². The average molecular weight is 455 g/mol. The standard InChI is InChI=1S/C19H25N3O2.HI/c1-2-23-13-7-12-21-19(20)22-15-16-8-6-11-18(14-16)24-17-9-4-3-5-10-17;/h3-6,8-11,14H,2,7,12-13,15H2,1H3,(H3,20,21,22);1H. The highest BCUT2D eigenvalue weighted by Gasteiger charge is 1.99. The van der Waals surface area contributed by atoms with E-state index in [-0.39, 0.29) is 24.0 Å². The summed E-state index contributed by atoms with van der Waals surface area (Å²) >= 11 is 0. The summed E-state index contributed by atoms with van der Waals surface area (Å²) in [5, 5.41) is 3.08. The highest BCUT2D eigenvalue weighted by molar-refractivity contribution is 14.0. The van der Waals surface area contributed by atoms with Gasteiger partial charge in [0, 0.05) is 19.8 Å². The van der Waals surface area contributed by atoms with Gasteiger partial charge < -0.3 is 20.5 Å². The van der Waals surface area contributed by atoms with Crippen LogP contribution in [-0.2, 0) is 11.3 Å². The number of aliphatic imine (C=N–C) groups is 1. The zero-order chi connectivity index (χ0) is 17.0. The molecule has 136 valence electrons. The minimum Gasteiger partial charge on any atom is -0.457 e. The highest BCUT2D eigenvalue weighted by atomic mass is 127. The summed E-state index contributed by atoms with van der Waals surface area (Å²) in [6, 6.07) is 17.6. The Morgan fingerprint density at radius 2 is 1.84 bits per heavy atom. The van der Waals surface area contributed by atoms with Gasteiger partial charge in [-0.05, 0) is 43.2 Å². The Bertz CT molecular complexity index is 636. The molecule has 25 heavy (non-hydrogen) atoms. The molecule has 3 N–H and O–H groups in total. The zero-order valence-electron chi connectivity index (χ0n) is 14.5. The second-order valence-corrected chi connectivity index (χ2v) is 5.24. The third-order valence-electron chi connectivity index (χ3n) is 3.29. The molecule has 0 saturated carbocycles. The molecule has 0 amide bonds. The lowest BCUT2D eigenvalue weighted by Gasteiger charge is -2.08. The Morgan fingerprint density at radius 1 is 1.08 bits per heavy atom. The fraction of sp³-hybridized carbons (Fsp3) is 0.316. The lowest BCUT2D eigenvalue weighted by Crippen LogP contribution is -2.32. The Labute approximate surface area is 166 Å². The van der Waals surface area contributed by atoms with Gasteiger partial charge >= 0.3 is 0 Å². The zero-order valence-corrected chi connectivity index (χ0v) is 16.8. The van der Waals surface area contributed by atoms with Crippen LogP contribution in [0.1, 0.15) is 18.9 Å². The topological polar surface area (TPSA) is 68.9 Å². The first-order valence-electron chi connectivity index (χ1n) is 8.21. The number of rotatable bonds is 9. The van der Waals surface area contributed by atoms with Crippen molar-refractivity contribution in [3.8, 4) is 11.5 Å². The quantitative estimate of drug-likeness (QED) is 0.260. The Hall–Kier alpha value is -1.80. The second-order valence-electron chi connectivity index (χ2n) is 5.24. The van der Waals surface area contributed by atoms with Crippen LogP contribution < -0.4 is 15.8 Å². The molecule has 0 spiro atoms. The van der Waals surface area contributed by atoms with Gasteiger partial charge in [0.1, 0.15) is 11.5 Å². The van der Waals surface area contributed by atoms with E-state index in [1.807, 2.05) is 61.5 Å². The number of ether oxygens (including phenoxy) is 2. The van der Waals surface area contributed by atoms with Crippen LogP contribution in [0.4, 0.5) is 0 Å². The first-order chi connectivity index (χ1) is 11.8. The number of nitrogens with zero attached hydrogens (tertiary/aromatic N) is 1. The molecular formula is C19H26IN3O2. The van der Waals surface area contributed by atoms with Crippen molar-refractivity contribution in [2.24, 2.45) is 10.7 Å². The molecule has 0 heterocycles. The molecule has 0 unspecified atom stereocenters. The van der Waals surface area contributed by atoms with Crippen LogP contribution in [-0.4, -0.2) is 25.7 Å². The largest absolute Gasteiger partial charge is 0.457 e. The number of halogens is 1. The maximum Gasteiger partial charge on any atom is 0.188 e. The first-order valence-corrected chi connectivity index (χ1v) is 8.21. The van der Waals surface area contributed by atoms with Gasteiger partial charge in [0.2, 0.25) is 0 Å². The summed E-state index contributed by atoms with van der Waals surface area (Å²) in [5.41, 5.74) is 6.91. The molecule has 0 aliphatic heterocycles. The third kappa shape index (κ3) is 8.74. The summed E-state index contributed by atoms with van der Waals surface area (Å²) in [6.07, 6.45) is 0.907. The van der Waals surface area contributed by atoms with Gasteiger partial charge in [-0.25, -0.2) is 4.99 Å². The third-order valence-corrected chi connectivity index (χ3v) is 3.29. The molecule has 0 saturated heterocycles. The lowest BCUT2D eigenvalue weighted by atomic mass is 10.2. The van der Waals surface area contributed by atoms with Gasteiger partial charge in [0.05, 0.1) is 6.54 Å². The summed E-state index contributed by atoms with van der Waals surface area (Å²) in [6.45, 7) is 4.72. The van der Waals surface area contributed by atoms with E-state index >= 15 is 0 Å². The molecule has 0 aliphatic rings. The predicted molar refractivity (Wildman–Crippen MR) is 113 cm³/mol. The van der Waals surface area contributed by atoms with Crippen molar-refractivity contribution >= 4 is 29.9 Å². The molecule has 0 bridgehead atoms. The summed E-state index contributed by atoms with van der Waals surface area (Å²) in [4.78, 5) is 4.35. The number of para-hydroxylation sites is 1. The highest BCUT2D eigenvalue weighted by Crippen LogP contribution is 2.21. The van der Waals surface area contributed by atoms with Crippen molar-refractivity contribution in [2.45, 2.75) is 19.9 Å². The van der Waals surface area contributed by atoms with Crippen LogP contribution >= 0.6 is 24.0 Å². The predicted octanol–water partition coefficient (Wildman–Crippen LogP) is 3.93. The number of nitrogens with two attached hydrogens (primary N) is 1. The molecule has 0 aliphatic carbocycles. The van der Waals surface area contributed by atoms with Gasteiger partial charge in [-0.15, -0.1) is 24.0 Å². The Balaban J connectivity index is 0.00000312. The minimum absolute atomic E-state index is 0. The number of benzene rings is 2. The molecule has 2 aromatic rings. The summed E-state index contributed by atoms with van der Waals surface area (Å²) in [7, 11) is 0. The van der Waals surface area contributed by atoms with E-state index < -0.39 is 0 Å². The van der Waals surface area contributed by atoms with Crippen LogP contribution in [0.5, 0.6) is 11.5 Å². The van der Waals surface area contributed by atoms with E-state index in [2.05, 4.69) is 10.3 Å². The molecule has 0 aromatic heterocycles. The van der Waals surface area contributed by atoms with Crippen molar-refractivity contribution in [2.75, 3.05) is 19.8 Å². The van der Waals surface area contributed by atoms with Crippen LogP contribution in [0.2, 0.25) is 0 Å². The van der Waals surface area contributed by atoms with E-state index in [1.54, 1.807) is 0 Å². The maximum atomic E-state index is 5.86. The number of guanidine groups is 1. The molecular weight excluding hydrogens is 429 g/mol. The maximum absolute atomic E-state index is 5.86. The SMILES string of the molecule is CCOCCCNC(N)=NCc1cccc(Oc2ccccc2)c1.I. The molecule has 0 radical (unpaired) electrons. The first kappa shape index (κ1) is 21.2. The Morgan fingerprint density at radius 3 is 2.60 bits per heavy atom. The normalized spacial score (nSPS) is 10.8. The number of nitrogens with one attached hydrogen (secondary N) is 1. The van der Waals surface area contributed by atoms with Gasteiger partial charge in [0.15, 0.2) is 5.96 Å². The smallest absolute Gasteiger partial charge is 0.188 e. The van der Waals surface area contributed by atoms with E-state index in [4.69, 9.17) is 15.2 Å². The molecule has 6 heteroatoms. The van der Waals surface area contributed by atoms with Crippen molar-refractivity contribution in [3.05, 3.63) is 60.2 Å². The van der Waals surface area contributed by atoms with Crippen molar-refractivity contribution in [1.82, 2.24) is 5.32 Å². The van der Waals surface area contributed by atoms with Crippen molar-refractivity contribution < 1.29 is 9.47 Å². The minimum atomic E-state index is 0. The van der Waals surface area contributed by atoms with Crippen molar-refractivity contribution in [3.63, 3.8) is 0 Å². The van der Waals surface area contributed by atoms with Gasteiger partial charge in [-0.3, -0.25) is 0 Å². The van der Waals surface area contributed by atoms with Crippen LogP contribution in [0.15, 0.2) is 59.6 Å². The van der Waals surface area contributed by atoms with Gasteiger partial charge in [0.25, 0.3) is 0 Å².